The predicted octanol–water partition coefficient (Wildman–Crippen LogP) is 3.93. The molecule has 0 spiro atoms. The van der Waals surface area contributed by atoms with Crippen LogP contribution in [0.3, 0.4) is 0 Å². The number of aryl methyl sites for hydroxylation is 1. The van der Waals surface area contributed by atoms with E-state index in [1.54, 1.807) is 0 Å². The minimum Gasteiger partial charge on any atom is -0.0987 e. The summed E-state index contributed by atoms with van der Waals surface area (Å²) in [5.74, 6) is 0. The lowest BCUT2D eigenvalue weighted by atomic mass is 10.2. The summed E-state index contributed by atoms with van der Waals surface area (Å²) in [5, 5.41) is 0.835. The zero-order valence-corrected chi connectivity index (χ0v) is 9.77. The Morgan fingerprint density at radius 2 is 1.71 bits per heavy atom. The molecule has 0 fully saturated rings. The molecule has 0 saturated carbocycles. The summed E-state index contributed by atoms with van der Waals surface area (Å²) >= 11 is 5.83. The third-order valence-corrected chi connectivity index (χ3v) is 5.09. The van der Waals surface area contributed by atoms with Gasteiger partial charge in [-0.1, -0.05) is 43.8 Å². The number of hydrogen-bond donors (Lipinski definition) is 0. The topological polar surface area (TPSA) is 0 Å². The first-order valence-corrected chi connectivity index (χ1v) is 7.24. The third-order valence-electron chi connectivity index (χ3n) is 2.52. The SMILES string of the molecule is Clc1ccc(CCP2CC=CC2)cc1. The Balaban J connectivity index is 1.82. The first-order valence-electron chi connectivity index (χ1n) is 4.96. The van der Waals surface area contributed by atoms with Crippen molar-refractivity contribution in [3.8, 4) is 0 Å². The van der Waals surface area contributed by atoms with Crippen molar-refractivity contribution < 1.29 is 0 Å². The number of rotatable bonds is 3. The summed E-state index contributed by atoms with van der Waals surface area (Å²) in [6.45, 7) is 0. The monoisotopic (exact) mass is 224 g/mol. The van der Waals surface area contributed by atoms with Gasteiger partial charge in [-0.15, -0.1) is 0 Å². The Kier molecular flexibility index (Phi) is 3.61. The summed E-state index contributed by atoms with van der Waals surface area (Å²) in [6.07, 6.45) is 9.90. The highest BCUT2D eigenvalue weighted by atomic mass is 35.5. The van der Waals surface area contributed by atoms with Gasteiger partial charge >= 0.3 is 0 Å². The molecule has 1 aromatic rings. The molecular weight excluding hydrogens is 211 g/mol. The van der Waals surface area contributed by atoms with Crippen molar-refractivity contribution in [3.63, 3.8) is 0 Å². The zero-order valence-electron chi connectivity index (χ0n) is 8.12. The molecule has 0 atom stereocenters. The standard InChI is InChI=1S/C12H14ClP/c13-12-5-3-11(4-6-12)7-10-14-8-1-2-9-14/h1-6H,7-10H2. The smallest absolute Gasteiger partial charge is 0.0406 e. The average molecular weight is 225 g/mol. The van der Waals surface area contributed by atoms with Crippen LogP contribution in [0.4, 0.5) is 0 Å². The Hall–Kier alpha value is -0.320. The normalized spacial score (nSPS) is 16.4. The van der Waals surface area contributed by atoms with E-state index in [2.05, 4.69) is 24.3 Å². The molecule has 0 N–H and O–H groups in total. The van der Waals surface area contributed by atoms with E-state index in [1.165, 1.54) is 30.5 Å². The molecule has 2 heteroatoms. The van der Waals surface area contributed by atoms with Gasteiger partial charge in [-0.25, -0.2) is 0 Å². The third kappa shape index (κ3) is 2.83. The summed E-state index contributed by atoms with van der Waals surface area (Å²) in [5.41, 5.74) is 1.42. The summed E-state index contributed by atoms with van der Waals surface area (Å²) in [7, 11) is 0.279. The Bertz CT molecular complexity index is 308. The van der Waals surface area contributed by atoms with Crippen LogP contribution in [0.2, 0.25) is 5.02 Å². The fraction of sp³-hybridized carbons (Fsp3) is 0.333. The van der Waals surface area contributed by atoms with E-state index in [0.29, 0.717) is 0 Å². The van der Waals surface area contributed by atoms with Gasteiger partial charge in [0.15, 0.2) is 0 Å². The lowest BCUT2D eigenvalue weighted by molar-refractivity contribution is 1.14. The van der Waals surface area contributed by atoms with Gasteiger partial charge in [-0.05, 0) is 42.6 Å². The van der Waals surface area contributed by atoms with Crippen LogP contribution in [0.5, 0.6) is 0 Å². The van der Waals surface area contributed by atoms with Gasteiger partial charge in [0.05, 0.1) is 0 Å². The van der Waals surface area contributed by atoms with Crippen LogP contribution in [0, 0.1) is 0 Å². The molecule has 0 amide bonds. The first kappa shape index (κ1) is 10.2. The highest BCUT2D eigenvalue weighted by Crippen LogP contribution is 2.39. The van der Waals surface area contributed by atoms with E-state index in [9.17, 15) is 0 Å². The second-order valence-electron chi connectivity index (χ2n) is 3.61. The van der Waals surface area contributed by atoms with E-state index >= 15 is 0 Å². The summed E-state index contributed by atoms with van der Waals surface area (Å²) < 4.78 is 0. The van der Waals surface area contributed by atoms with Crippen molar-refractivity contribution in [1.29, 1.82) is 0 Å². The van der Waals surface area contributed by atoms with E-state index in [0.717, 1.165) is 5.02 Å². The van der Waals surface area contributed by atoms with Gasteiger partial charge in [0.1, 0.15) is 0 Å². The molecule has 0 aromatic heterocycles. The summed E-state index contributed by atoms with van der Waals surface area (Å²) in [4.78, 5) is 0. The van der Waals surface area contributed by atoms with E-state index in [1.807, 2.05) is 12.1 Å². The number of halogens is 1. The second-order valence-corrected chi connectivity index (χ2v) is 6.56. The minimum atomic E-state index is 0.279. The fourth-order valence-electron chi connectivity index (χ4n) is 1.64. The summed E-state index contributed by atoms with van der Waals surface area (Å²) in [6, 6.07) is 8.25. The molecule has 1 aliphatic rings. The largest absolute Gasteiger partial charge is 0.0987 e. The van der Waals surface area contributed by atoms with E-state index in [-0.39, 0.29) is 7.92 Å². The molecule has 74 valence electrons. The van der Waals surface area contributed by atoms with Crippen molar-refractivity contribution in [1.82, 2.24) is 0 Å². The quantitative estimate of drug-likeness (QED) is 0.539. The molecule has 14 heavy (non-hydrogen) atoms. The molecule has 0 nitrogen and oxygen atoms in total. The van der Waals surface area contributed by atoms with Crippen molar-refractivity contribution >= 4 is 19.5 Å². The second kappa shape index (κ2) is 4.96. The van der Waals surface area contributed by atoms with Crippen molar-refractivity contribution in [3.05, 3.63) is 47.0 Å². The highest BCUT2D eigenvalue weighted by molar-refractivity contribution is 7.58. The van der Waals surface area contributed by atoms with Crippen LogP contribution < -0.4 is 0 Å². The highest BCUT2D eigenvalue weighted by Gasteiger charge is 2.08. The zero-order chi connectivity index (χ0) is 9.80. The van der Waals surface area contributed by atoms with Crippen molar-refractivity contribution in [2.45, 2.75) is 6.42 Å². The van der Waals surface area contributed by atoms with Gasteiger partial charge < -0.3 is 0 Å². The van der Waals surface area contributed by atoms with E-state index < -0.39 is 0 Å². The number of allylic oxidation sites excluding steroid dienone is 2. The molecular formula is C12H14ClP. The number of hydrogen-bond acceptors (Lipinski definition) is 0. The maximum absolute atomic E-state index is 5.83. The van der Waals surface area contributed by atoms with Gasteiger partial charge in [0, 0.05) is 5.02 Å². The maximum Gasteiger partial charge on any atom is 0.0406 e. The molecule has 0 radical (unpaired) electrons. The van der Waals surface area contributed by atoms with Gasteiger partial charge in [0.2, 0.25) is 0 Å². The van der Waals surface area contributed by atoms with Crippen LogP contribution in [0.15, 0.2) is 36.4 Å². The Labute approximate surface area is 91.7 Å². The van der Waals surface area contributed by atoms with E-state index in [4.69, 9.17) is 11.6 Å². The molecule has 0 aliphatic carbocycles. The molecule has 0 unspecified atom stereocenters. The lowest BCUT2D eigenvalue weighted by Gasteiger charge is -2.09. The van der Waals surface area contributed by atoms with Crippen LogP contribution in [-0.4, -0.2) is 18.5 Å². The molecule has 1 aromatic carbocycles. The number of benzene rings is 1. The average Bonchev–Trinajstić information content (AvgIpc) is 2.70. The first-order chi connectivity index (χ1) is 6.84. The van der Waals surface area contributed by atoms with Crippen LogP contribution >= 0.6 is 19.5 Å². The maximum atomic E-state index is 5.83. The van der Waals surface area contributed by atoms with Crippen LogP contribution in [0.25, 0.3) is 0 Å². The van der Waals surface area contributed by atoms with Crippen molar-refractivity contribution in [2.24, 2.45) is 0 Å². The predicted molar refractivity (Wildman–Crippen MR) is 65.8 cm³/mol. The van der Waals surface area contributed by atoms with Crippen molar-refractivity contribution in [2.75, 3.05) is 18.5 Å². The Morgan fingerprint density at radius 1 is 1.07 bits per heavy atom. The molecule has 1 heterocycles. The van der Waals surface area contributed by atoms with Gasteiger partial charge in [-0.2, -0.15) is 0 Å². The van der Waals surface area contributed by atoms with Gasteiger partial charge in [-0.3, -0.25) is 0 Å². The Morgan fingerprint density at radius 3 is 2.36 bits per heavy atom. The molecule has 0 saturated heterocycles. The van der Waals surface area contributed by atoms with Gasteiger partial charge in [0.25, 0.3) is 0 Å². The van der Waals surface area contributed by atoms with Crippen LogP contribution in [0.1, 0.15) is 5.56 Å². The van der Waals surface area contributed by atoms with Crippen LogP contribution in [-0.2, 0) is 6.42 Å². The molecule has 2 rings (SSSR count). The minimum absolute atomic E-state index is 0.279. The molecule has 1 aliphatic heterocycles. The fourth-order valence-corrected chi connectivity index (χ4v) is 3.75. The lowest BCUT2D eigenvalue weighted by Crippen LogP contribution is -1.92. The molecule has 0 bridgehead atoms.